The molecule has 1 amide bonds. The second-order valence-electron chi connectivity index (χ2n) is 6.90. The SMILES string of the molecule is CC/C=C/C/C=C/C=C/C(=O)CCCCCCCC(=O)NCc1ccccc1. The molecule has 1 N–H and O–H groups in total. The summed E-state index contributed by atoms with van der Waals surface area (Å²) in [4.78, 5) is 23.6. The van der Waals surface area contributed by atoms with Gasteiger partial charge in [0.05, 0.1) is 0 Å². The molecule has 0 spiro atoms. The molecule has 0 radical (unpaired) electrons. The van der Waals surface area contributed by atoms with E-state index >= 15 is 0 Å². The van der Waals surface area contributed by atoms with Crippen LogP contribution in [0.5, 0.6) is 0 Å². The van der Waals surface area contributed by atoms with Gasteiger partial charge in [0, 0.05) is 19.4 Å². The van der Waals surface area contributed by atoms with Gasteiger partial charge in [-0.25, -0.2) is 0 Å². The van der Waals surface area contributed by atoms with Crippen LogP contribution in [0.2, 0.25) is 0 Å². The number of carbonyl (C=O) groups excluding carboxylic acids is 2. The third-order valence-corrected chi connectivity index (χ3v) is 4.36. The molecule has 152 valence electrons. The standard InChI is InChI=1S/C25H35NO2/c1-2-3-4-5-6-8-14-19-24(27)20-15-9-7-10-16-21-25(28)26-22-23-17-12-11-13-18-23/h3-4,6,8,11-14,17-19H,2,5,7,9-10,15-16,20-22H2,1H3,(H,26,28)/b4-3+,8-6+,19-14+. The lowest BCUT2D eigenvalue weighted by molar-refractivity contribution is -0.121. The van der Waals surface area contributed by atoms with Gasteiger partial charge in [-0.15, -0.1) is 0 Å². The van der Waals surface area contributed by atoms with Crippen LogP contribution in [-0.2, 0) is 16.1 Å². The lowest BCUT2D eigenvalue weighted by atomic mass is 10.1. The Morgan fingerprint density at radius 2 is 1.57 bits per heavy atom. The van der Waals surface area contributed by atoms with Gasteiger partial charge in [-0.1, -0.05) is 86.9 Å². The summed E-state index contributed by atoms with van der Waals surface area (Å²) in [6.07, 6.45) is 19.9. The lowest BCUT2D eigenvalue weighted by Crippen LogP contribution is -2.22. The predicted molar refractivity (Wildman–Crippen MR) is 118 cm³/mol. The fraction of sp³-hybridized carbons (Fsp3) is 0.440. The van der Waals surface area contributed by atoms with Crippen LogP contribution in [0.1, 0.15) is 70.3 Å². The Kier molecular flexibility index (Phi) is 14.1. The van der Waals surface area contributed by atoms with Gasteiger partial charge < -0.3 is 5.32 Å². The van der Waals surface area contributed by atoms with E-state index in [-0.39, 0.29) is 11.7 Å². The molecule has 0 saturated carbocycles. The van der Waals surface area contributed by atoms with Crippen molar-refractivity contribution in [2.75, 3.05) is 0 Å². The van der Waals surface area contributed by atoms with E-state index in [9.17, 15) is 9.59 Å². The number of hydrogen-bond donors (Lipinski definition) is 1. The summed E-state index contributed by atoms with van der Waals surface area (Å²) >= 11 is 0. The van der Waals surface area contributed by atoms with Gasteiger partial charge in [0.15, 0.2) is 5.78 Å². The van der Waals surface area contributed by atoms with E-state index in [1.165, 1.54) is 0 Å². The average Bonchev–Trinajstić information content (AvgIpc) is 2.71. The molecule has 28 heavy (non-hydrogen) atoms. The number of carbonyl (C=O) groups is 2. The van der Waals surface area contributed by atoms with E-state index in [2.05, 4.69) is 24.4 Å². The Hall–Kier alpha value is -2.42. The number of nitrogens with one attached hydrogen (secondary N) is 1. The van der Waals surface area contributed by atoms with Crippen molar-refractivity contribution in [1.82, 2.24) is 5.32 Å². The molecule has 3 nitrogen and oxygen atoms in total. The van der Waals surface area contributed by atoms with Crippen molar-refractivity contribution in [3.8, 4) is 0 Å². The van der Waals surface area contributed by atoms with Crippen LogP contribution in [-0.4, -0.2) is 11.7 Å². The highest BCUT2D eigenvalue weighted by molar-refractivity contribution is 5.89. The molecule has 0 unspecified atom stereocenters. The van der Waals surface area contributed by atoms with E-state index in [0.29, 0.717) is 19.4 Å². The highest BCUT2D eigenvalue weighted by atomic mass is 16.1. The molecule has 0 aliphatic rings. The van der Waals surface area contributed by atoms with Crippen LogP contribution in [0.25, 0.3) is 0 Å². The molecule has 0 heterocycles. The lowest BCUT2D eigenvalue weighted by Gasteiger charge is -2.05. The number of amides is 1. The zero-order valence-corrected chi connectivity index (χ0v) is 17.2. The fourth-order valence-corrected chi connectivity index (χ4v) is 2.74. The molecule has 0 aromatic heterocycles. The van der Waals surface area contributed by atoms with Gasteiger partial charge in [-0.05, 0) is 37.3 Å². The topological polar surface area (TPSA) is 46.2 Å². The summed E-state index contributed by atoms with van der Waals surface area (Å²) in [7, 11) is 0. The van der Waals surface area contributed by atoms with Gasteiger partial charge in [0.1, 0.15) is 0 Å². The van der Waals surface area contributed by atoms with Crippen molar-refractivity contribution in [2.45, 2.75) is 71.3 Å². The molecule has 0 saturated heterocycles. The Labute approximate surface area is 170 Å². The molecular formula is C25H35NO2. The minimum absolute atomic E-state index is 0.113. The van der Waals surface area contributed by atoms with E-state index < -0.39 is 0 Å². The smallest absolute Gasteiger partial charge is 0.220 e. The Balaban J connectivity index is 1.95. The Morgan fingerprint density at radius 3 is 2.32 bits per heavy atom. The molecule has 0 atom stereocenters. The molecule has 0 aliphatic heterocycles. The van der Waals surface area contributed by atoms with Crippen LogP contribution < -0.4 is 5.32 Å². The number of unbranched alkanes of at least 4 members (excludes halogenated alkanes) is 4. The number of hydrogen-bond acceptors (Lipinski definition) is 2. The molecule has 0 aliphatic carbocycles. The molecular weight excluding hydrogens is 346 g/mol. The highest BCUT2D eigenvalue weighted by Crippen LogP contribution is 2.08. The first-order chi connectivity index (χ1) is 13.7. The number of allylic oxidation sites excluding steroid dienone is 6. The summed E-state index contributed by atoms with van der Waals surface area (Å²) in [6.45, 7) is 2.71. The zero-order valence-electron chi connectivity index (χ0n) is 17.2. The maximum Gasteiger partial charge on any atom is 0.220 e. The normalized spacial score (nSPS) is 11.6. The van der Waals surface area contributed by atoms with Crippen molar-refractivity contribution in [3.05, 3.63) is 72.4 Å². The first-order valence-electron chi connectivity index (χ1n) is 10.5. The maximum atomic E-state index is 11.8. The van der Waals surface area contributed by atoms with Crippen molar-refractivity contribution in [3.63, 3.8) is 0 Å². The Morgan fingerprint density at radius 1 is 0.857 bits per heavy atom. The third kappa shape index (κ3) is 13.7. The molecule has 1 rings (SSSR count). The third-order valence-electron chi connectivity index (χ3n) is 4.36. The van der Waals surface area contributed by atoms with Crippen molar-refractivity contribution in [1.29, 1.82) is 0 Å². The molecule has 0 bridgehead atoms. The quantitative estimate of drug-likeness (QED) is 0.173. The molecule has 1 aromatic rings. The summed E-state index contributed by atoms with van der Waals surface area (Å²) in [6, 6.07) is 9.95. The molecule has 0 fully saturated rings. The number of benzene rings is 1. The summed E-state index contributed by atoms with van der Waals surface area (Å²) in [5.41, 5.74) is 1.12. The van der Waals surface area contributed by atoms with Crippen molar-refractivity contribution >= 4 is 11.7 Å². The average molecular weight is 382 g/mol. The minimum Gasteiger partial charge on any atom is -0.352 e. The van der Waals surface area contributed by atoms with Gasteiger partial charge >= 0.3 is 0 Å². The van der Waals surface area contributed by atoms with Crippen molar-refractivity contribution < 1.29 is 9.59 Å². The van der Waals surface area contributed by atoms with Gasteiger partial charge in [0.2, 0.25) is 5.91 Å². The van der Waals surface area contributed by atoms with Crippen LogP contribution >= 0.6 is 0 Å². The summed E-state index contributed by atoms with van der Waals surface area (Å²) in [5.74, 6) is 0.302. The monoisotopic (exact) mass is 381 g/mol. The van der Waals surface area contributed by atoms with Gasteiger partial charge in [0.25, 0.3) is 0 Å². The molecule has 3 heteroatoms. The maximum absolute atomic E-state index is 11.8. The van der Waals surface area contributed by atoms with E-state index in [1.807, 2.05) is 48.6 Å². The summed E-state index contributed by atoms with van der Waals surface area (Å²) < 4.78 is 0. The first-order valence-corrected chi connectivity index (χ1v) is 10.5. The van der Waals surface area contributed by atoms with E-state index in [0.717, 1.165) is 50.5 Å². The van der Waals surface area contributed by atoms with Gasteiger partial charge in [-0.3, -0.25) is 9.59 Å². The van der Waals surface area contributed by atoms with E-state index in [4.69, 9.17) is 0 Å². The largest absolute Gasteiger partial charge is 0.352 e. The van der Waals surface area contributed by atoms with Crippen molar-refractivity contribution in [2.24, 2.45) is 0 Å². The van der Waals surface area contributed by atoms with Gasteiger partial charge in [-0.2, -0.15) is 0 Å². The zero-order chi connectivity index (χ0) is 20.3. The second-order valence-corrected chi connectivity index (χ2v) is 6.90. The summed E-state index contributed by atoms with van der Waals surface area (Å²) in [5, 5.41) is 2.95. The van der Waals surface area contributed by atoms with Crippen LogP contribution in [0, 0.1) is 0 Å². The van der Waals surface area contributed by atoms with Crippen LogP contribution in [0.3, 0.4) is 0 Å². The van der Waals surface area contributed by atoms with Crippen LogP contribution in [0.15, 0.2) is 66.8 Å². The highest BCUT2D eigenvalue weighted by Gasteiger charge is 2.01. The minimum atomic E-state index is 0.113. The Bertz CT molecular complexity index is 629. The first kappa shape index (κ1) is 23.6. The van der Waals surface area contributed by atoms with E-state index in [1.54, 1.807) is 6.08 Å². The fourth-order valence-electron chi connectivity index (χ4n) is 2.74. The number of rotatable bonds is 15. The number of ketones is 1. The second kappa shape index (κ2) is 16.7. The molecule has 1 aromatic carbocycles. The van der Waals surface area contributed by atoms with Crippen LogP contribution in [0.4, 0.5) is 0 Å². The predicted octanol–water partition coefficient (Wildman–Crippen LogP) is 6.07.